The minimum absolute atomic E-state index is 0.0332. The second kappa shape index (κ2) is 6.78. The molecule has 0 aromatic heterocycles. The van der Waals surface area contributed by atoms with Crippen LogP contribution < -0.4 is 4.74 Å². The number of ether oxygens (including phenoxy) is 2. The Kier molecular flexibility index (Phi) is 4.84. The van der Waals surface area contributed by atoms with Crippen LogP contribution >= 0.6 is 27.7 Å². The van der Waals surface area contributed by atoms with Gasteiger partial charge in [0.1, 0.15) is 11.9 Å². The number of hydrogen-bond donors (Lipinski definition) is 0. The number of carbonyl (C=O) groups is 1. The van der Waals surface area contributed by atoms with Crippen molar-refractivity contribution >= 4 is 38.8 Å². The molecule has 1 saturated heterocycles. The van der Waals surface area contributed by atoms with Gasteiger partial charge in [-0.15, -0.1) is 0 Å². The van der Waals surface area contributed by atoms with Crippen molar-refractivity contribution in [3.8, 4) is 5.75 Å². The average Bonchev–Trinajstić information content (AvgIpc) is 2.86. The Balaban J connectivity index is 1.78. The topological polar surface area (TPSA) is 51.1 Å². The first-order valence-corrected chi connectivity index (χ1v) is 11.3. The van der Waals surface area contributed by atoms with Crippen LogP contribution in [0.3, 0.4) is 0 Å². The third-order valence-corrected chi connectivity index (χ3v) is 7.06. The Hall–Kier alpha value is -1.05. The van der Waals surface area contributed by atoms with Gasteiger partial charge in [-0.25, -0.2) is 4.99 Å². The highest BCUT2D eigenvalue weighted by molar-refractivity contribution is 9.10. The van der Waals surface area contributed by atoms with E-state index in [0.717, 1.165) is 40.4 Å². The standard InChI is InChI=1S/C20H25BrN2O3S/c1-19(2)10-12(7-8-25-19)16-11-20(17(24)23(3)18(22-20)27-4)14-9-13(21)5-6-15(14)26-16/h5-6,9,12,16H,7-8,10-11H2,1-4H3. The number of carbonyl (C=O) groups excluding carboxylic acids is 1. The molecule has 3 unspecified atom stereocenters. The molecule has 3 heterocycles. The van der Waals surface area contributed by atoms with E-state index >= 15 is 0 Å². The SMILES string of the molecule is CSC1=NC2(CC(C3CCOC(C)(C)C3)Oc3ccc(Br)cc32)C(=O)N1C. The minimum Gasteiger partial charge on any atom is -0.490 e. The van der Waals surface area contributed by atoms with Crippen molar-refractivity contribution in [2.24, 2.45) is 10.9 Å². The fraction of sp³-hybridized carbons (Fsp3) is 0.600. The summed E-state index contributed by atoms with van der Waals surface area (Å²) in [5.74, 6) is 1.14. The molecule has 5 nitrogen and oxygen atoms in total. The van der Waals surface area contributed by atoms with Crippen molar-refractivity contribution in [3.05, 3.63) is 28.2 Å². The lowest BCUT2D eigenvalue weighted by Gasteiger charge is -2.44. The molecule has 3 aliphatic rings. The first-order valence-electron chi connectivity index (χ1n) is 9.28. The van der Waals surface area contributed by atoms with Gasteiger partial charge >= 0.3 is 0 Å². The van der Waals surface area contributed by atoms with Crippen LogP contribution in [0.25, 0.3) is 0 Å². The summed E-state index contributed by atoms with van der Waals surface area (Å²) in [6, 6.07) is 5.90. The highest BCUT2D eigenvalue weighted by atomic mass is 79.9. The quantitative estimate of drug-likeness (QED) is 0.640. The van der Waals surface area contributed by atoms with Gasteiger partial charge in [-0.3, -0.25) is 9.69 Å². The number of aliphatic imine (C=N–C) groups is 1. The minimum atomic E-state index is -0.891. The molecule has 1 aromatic rings. The van der Waals surface area contributed by atoms with Crippen LogP contribution in [0.15, 0.2) is 27.7 Å². The lowest BCUT2D eigenvalue weighted by Crippen LogP contribution is -2.49. The molecule has 0 bridgehead atoms. The van der Waals surface area contributed by atoms with Crippen LogP contribution in [0.2, 0.25) is 0 Å². The fourth-order valence-electron chi connectivity index (χ4n) is 4.53. The summed E-state index contributed by atoms with van der Waals surface area (Å²) in [6.45, 7) is 4.98. The maximum absolute atomic E-state index is 13.4. The van der Waals surface area contributed by atoms with Gasteiger partial charge in [0.15, 0.2) is 10.7 Å². The molecule has 1 spiro atoms. The molecule has 0 aliphatic carbocycles. The van der Waals surface area contributed by atoms with Gasteiger partial charge in [0.25, 0.3) is 5.91 Å². The Morgan fingerprint density at radius 3 is 2.78 bits per heavy atom. The number of thioether (sulfide) groups is 1. The van der Waals surface area contributed by atoms with E-state index in [2.05, 4.69) is 29.8 Å². The van der Waals surface area contributed by atoms with Crippen LogP contribution in [0.5, 0.6) is 5.75 Å². The smallest absolute Gasteiger partial charge is 0.261 e. The second-order valence-corrected chi connectivity index (χ2v) is 9.87. The summed E-state index contributed by atoms with van der Waals surface area (Å²) in [6.07, 6.45) is 4.34. The predicted octanol–water partition coefficient (Wildman–Crippen LogP) is 4.19. The van der Waals surface area contributed by atoms with Gasteiger partial charge in [-0.1, -0.05) is 27.7 Å². The largest absolute Gasteiger partial charge is 0.490 e. The monoisotopic (exact) mass is 452 g/mol. The molecular weight excluding hydrogens is 428 g/mol. The molecule has 3 aliphatic heterocycles. The molecule has 0 radical (unpaired) electrons. The first kappa shape index (κ1) is 19.3. The van der Waals surface area contributed by atoms with Crippen molar-refractivity contribution in [1.29, 1.82) is 0 Å². The van der Waals surface area contributed by atoms with Crippen molar-refractivity contribution in [2.75, 3.05) is 19.9 Å². The van der Waals surface area contributed by atoms with E-state index < -0.39 is 5.54 Å². The Labute approximate surface area is 173 Å². The normalized spacial score (nSPS) is 32.3. The zero-order valence-corrected chi connectivity index (χ0v) is 18.5. The molecule has 4 rings (SSSR count). The van der Waals surface area contributed by atoms with E-state index in [4.69, 9.17) is 14.5 Å². The fourth-order valence-corrected chi connectivity index (χ4v) is 5.50. The molecule has 0 saturated carbocycles. The summed E-state index contributed by atoms with van der Waals surface area (Å²) in [7, 11) is 1.81. The number of hydrogen-bond acceptors (Lipinski definition) is 5. The van der Waals surface area contributed by atoms with E-state index in [9.17, 15) is 4.79 Å². The lowest BCUT2D eigenvalue weighted by molar-refractivity contribution is -0.134. The van der Waals surface area contributed by atoms with Crippen molar-refractivity contribution < 1.29 is 14.3 Å². The molecule has 1 aromatic carbocycles. The summed E-state index contributed by atoms with van der Waals surface area (Å²) in [4.78, 5) is 20.0. The number of amides is 1. The van der Waals surface area contributed by atoms with Gasteiger partial charge in [-0.2, -0.15) is 0 Å². The van der Waals surface area contributed by atoms with E-state index in [1.54, 1.807) is 4.90 Å². The highest BCUT2D eigenvalue weighted by Crippen LogP contribution is 2.50. The number of halogens is 1. The predicted molar refractivity (Wildman–Crippen MR) is 111 cm³/mol. The molecule has 27 heavy (non-hydrogen) atoms. The Bertz CT molecular complexity index is 812. The first-order chi connectivity index (χ1) is 12.8. The number of benzene rings is 1. The molecule has 146 valence electrons. The van der Waals surface area contributed by atoms with Crippen molar-refractivity contribution in [1.82, 2.24) is 4.90 Å². The Morgan fingerprint density at radius 1 is 1.33 bits per heavy atom. The number of amidine groups is 1. The van der Waals surface area contributed by atoms with Gasteiger partial charge in [0.05, 0.1) is 5.60 Å². The third kappa shape index (κ3) is 3.21. The molecule has 7 heteroatoms. The summed E-state index contributed by atoms with van der Waals surface area (Å²) < 4.78 is 13.3. The van der Waals surface area contributed by atoms with Crippen molar-refractivity contribution in [3.63, 3.8) is 0 Å². The van der Waals surface area contributed by atoms with E-state index in [1.165, 1.54) is 11.8 Å². The van der Waals surface area contributed by atoms with Crippen LogP contribution in [0, 0.1) is 5.92 Å². The second-order valence-electron chi connectivity index (χ2n) is 8.18. The third-order valence-electron chi connectivity index (χ3n) is 5.84. The average molecular weight is 453 g/mol. The molecule has 0 N–H and O–H groups in total. The maximum Gasteiger partial charge on any atom is 0.261 e. The molecule has 3 atom stereocenters. The van der Waals surface area contributed by atoms with E-state index in [1.807, 2.05) is 31.5 Å². The molecular formula is C20H25BrN2O3S. The maximum atomic E-state index is 13.4. The number of nitrogens with zero attached hydrogens (tertiary/aromatic N) is 2. The van der Waals surface area contributed by atoms with Gasteiger partial charge < -0.3 is 9.47 Å². The van der Waals surface area contributed by atoms with Crippen LogP contribution in [-0.2, 0) is 15.1 Å². The molecule has 1 amide bonds. The Morgan fingerprint density at radius 2 is 2.11 bits per heavy atom. The van der Waals surface area contributed by atoms with Gasteiger partial charge in [-0.05, 0) is 51.1 Å². The number of rotatable bonds is 1. The zero-order chi connectivity index (χ0) is 19.4. The zero-order valence-electron chi connectivity index (χ0n) is 16.1. The van der Waals surface area contributed by atoms with Crippen LogP contribution in [0.4, 0.5) is 0 Å². The lowest BCUT2D eigenvalue weighted by atomic mass is 9.75. The summed E-state index contributed by atoms with van der Waals surface area (Å²) in [5, 5.41) is 0.763. The van der Waals surface area contributed by atoms with Gasteiger partial charge in [0, 0.05) is 36.0 Å². The van der Waals surface area contributed by atoms with Crippen molar-refractivity contribution in [2.45, 2.75) is 50.4 Å². The van der Waals surface area contributed by atoms with E-state index in [0.29, 0.717) is 12.3 Å². The number of likely N-dealkylation sites (N-methyl/N-ethyl adjacent to an activating group) is 1. The van der Waals surface area contributed by atoms with E-state index in [-0.39, 0.29) is 17.6 Å². The number of fused-ring (bicyclic) bond motifs is 2. The highest BCUT2D eigenvalue weighted by Gasteiger charge is 2.55. The van der Waals surface area contributed by atoms with Crippen LogP contribution in [-0.4, -0.2) is 47.6 Å². The summed E-state index contributed by atoms with van der Waals surface area (Å²) >= 11 is 5.05. The molecule has 1 fully saturated rings. The summed E-state index contributed by atoms with van der Waals surface area (Å²) in [5.41, 5.74) is -0.193. The van der Waals surface area contributed by atoms with Crippen LogP contribution in [0.1, 0.15) is 38.7 Å². The van der Waals surface area contributed by atoms with Gasteiger partial charge in [0.2, 0.25) is 0 Å².